The minimum Gasteiger partial charge on any atom is -0.378 e. The van der Waals surface area contributed by atoms with Crippen LogP contribution in [0.15, 0.2) is 27.2 Å². The molecule has 0 fully saturated rings. The van der Waals surface area contributed by atoms with E-state index < -0.39 is 5.91 Å². The topological polar surface area (TPSA) is 140 Å². The van der Waals surface area contributed by atoms with E-state index in [1.165, 1.54) is 16.0 Å². The second-order valence-electron chi connectivity index (χ2n) is 5.85. The van der Waals surface area contributed by atoms with Gasteiger partial charge in [-0.2, -0.15) is 9.78 Å². The Bertz CT molecular complexity index is 963. The summed E-state index contributed by atoms with van der Waals surface area (Å²) in [5.74, 6) is -0.375. The Morgan fingerprint density at radius 3 is 2.72 bits per heavy atom. The number of nitrogens with one attached hydrogen (secondary N) is 1. The first kappa shape index (κ1) is 22.5. The van der Waals surface area contributed by atoms with Crippen molar-refractivity contribution in [3.05, 3.63) is 33.8 Å². The second kappa shape index (κ2) is 10.1. The number of aromatic nitrogens is 5. The maximum absolute atomic E-state index is 12.9. The summed E-state index contributed by atoms with van der Waals surface area (Å²) in [6, 6.07) is 3.84. The summed E-state index contributed by atoms with van der Waals surface area (Å²) >= 11 is 1.53. The summed E-state index contributed by atoms with van der Waals surface area (Å²) in [5, 5.41) is 21.6. The van der Waals surface area contributed by atoms with Gasteiger partial charge < -0.3 is 5.73 Å². The third kappa shape index (κ3) is 4.96. The third-order valence-electron chi connectivity index (χ3n) is 4.12. The Balaban J connectivity index is 0.00000300. The summed E-state index contributed by atoms with van der Waals surface area (Å²) in [5.41, 5.74) is 9.68. The van der Waals surface area contributed by atoms with Gasteiger partial charge in [-0.25, -0.2) is 10.1 Å². The fourth-order valence-electron chi connectivity index (χ4n) is 2.52. The third-order valence-corrected chi connectivity index (χ3v) is 5.10. The minimum atomic E-state index is -0.481. The van der Waals surface area contributed by atoms with Crippen molar-refractivity contribution in [2.45, 2.75) is 27.3 Å². The average molecular weight is 440 g/mol. The minimum absolute atomic E-state index is 0. The predicted molar refractivity (Wildman–Crippen MR) is 111 cm³/mol. The number of hydrogen-bond acceptors (Lipinski definition) is 10. The Morgan fingerprint density at radius 2 is 2.14 bits per heavy atom. The lowest BCUT2D eigenvalue weighted by Gasteiger charge is -2.16. The molecule has 11 nitrogen and oxygen atoms in total. The summed E-state index contributed by atoms with van der Waals surface area (Å²) in [6.07, 6.45) is 0. The number of thiophene rings is 1. The molecule has 0 aromatic carbocycles. The van der Waals surface area contributed by atoms with E-state index in [-0.39, 0.29) is 29.7 Å². The van der Waals surface area contributed by atoms with Crippen LogP contribution < -0.4 is 11.2 Å². The smallest absolute Gasteiger partial charge is 0.292 e. The van der Waals surface area contributed by atoms with Crippen LogP contribution in [0, 0.1) is 0 Å². The molecule has 0 bridgehead atoms. The highest BCUT2D eigenvalue weighted by atomic mass is 35.5. The molecule has 156 valence electrons. The summed E-state index contributed by atoms with van der Waals surface area (Å²) in [6.45, 7) is 7.91. The van der Waals surface area contributed by atoms with E-state index in [1.807, 2.05) is 38.3 Å². The molecule has 0 radical (unpaired) electrons. The number of rotatable bonds is 8. The van der Waals surface area contributed by atoms with Gasteiger partial charge in [0.15, 0.2) is 5.69 Å². The second-order valence-corrected chi connectivity index (χ2v) is 6.79. The molecular formula is C16H22ClN9O2S. The molecule has 3 N–H and O–H groups in total. The molecule has 3 rings (SSSR count). The van der Waals surface area contributed by atoms with Gasteiger partial charge in [0.05, 0.1) is 5.71 Å². The number of nitrogen functional groups attached to an aromatic ring is 1. The first-order chi connectivity index (χ1) is 13.5. The van der Waals surface area contributed by atoms with Gasteiger partial charge in [0, 0.05) is 11.4 Å². The molecule has 0 aliphatic heterocycles. The van der Waals surface area contributed by atoms with Gasteiger partial charge in [-0.3, -0.25) is 9.69 Å². The molecule has 0 saturated carbocycles. The molecule has 0 unspecified atom stereocenters. The van der Waals surface area contributed by atoms with E-state index in [4.69, 9.17) is 5.73 Å². The van der Waals surface area contributed by atoms with Gasteiger partial charge in [0.25, 0.3) is 5.91 Å². The zero-order valence-corrected chi connectivity index (χ0v) is 17.8. The number of anilines is 1. The Hall–Kier alpha value is -2.83. The van der Waals surface area contributed by atoms with E-state index in [0.717, 1.165) is 18.0 Å². The molecule has 13 heteroatoms. The van der Waals surface area contributed by atoms with Crippen LogP contribution in [-0.2, 0) is 6.54 Å². The van der Waals surface area contributed by atoms with Crippen LogP contribution in [0.5, 0.6) is 0 Å². The van der Waals surface area contributed by atoms with Gasteiger partial charge in [-0.05, 0) is 41.8 Å². The average Bonchev–Trinajstić information content (AvgIpc) is 3.44. The van der Waals surface area contributed by atoms with Gasteiger partial charge in [-0.1, -0.05) is 25.1 Å². The number of carbonyl (C=O) groups is 1. The van der Waals surface area contributed by atoms with Crippen molar-refractivity contribution in [1.29, 1.82) is 0 Å². The van der Waals surface area contributed by atoms with E-state index >= 15 is 0 Å². The molecule has 3 aromatic rings. The van der Waals surface area contributed by atoms with Crippen LogP contribution in [0.25, 0.3) is 5.82 Å². The SMILES string of the molecule is CCN(CC)Cc1nnn(-c2nonc2N)c1C(=O)N/N=C(\C)c1cccs1.Cl. The molecule has 0 saturated heterocycles. The van der Waals surface area contributed by atoms with Gasteiger partial charge in [-0.15, -0.1) is 28.8 Å². The molecule has 0 aliphatic rings. The maximum Gasteiger partial charge on any atom is 0.292 e. The Labute approximate surface area is 177 Å². The first-order valence-corrected chi connectivity index (χ1v) is 9.56. The van der Waals surface area contributed by atoms with Gasteiger partial charge in [0.1, 0.15) is 5.69 Å². The Kier molecular flexibility index (Phi) is 7.82. The quantitative estimate of drug-likeness (QED) is 0.399. The number of amides is 1. The van der Waals surface area contributed by atoms with Crippen LogP contribution in [0.4, 0.5) is 5.82 Å². The zero-order valence-electron chi connectivity index (χ0n) is 16.2. The van der Waals surface area contributed by atoms with Gasteiger partial charge in [0.2, 0.25) is 11.6 Å². The van der Waals surface area contributed by atoms with E-state index in [0.29, 0.717) is 18.0 Å². The molecular weight excluding hydrogens is 418 g/mol. The normalized spacial score (nSPS) is 11.5. The van der Waals surface area contributed by atoms with Crippen molar-refractivity contribution in [2.75, 3.05) is 18.8 Å². The van der Waals surface area contributed by atoms with Crippen LogP contribution in [0.2, 0.25) is 0 Å². The van der Waals surface area contributed by atoms with Crippen molar-refractivity contribution >= 4 is 41.2 Å². The van der Waals surface area contributed by atoms with Crippen LogP contribution in [0.1, 0.15) is 41.8 Å². The van der Waals surface area contributed by atoms with Crippen molar-refractivity contribution in [2.24, 2.45) is 5.10 Å². The zero-order chi connectivity index (χ0) is 20.1. The fourth-order valence-corrected chi connectivity index (χ4v) is 3.20. The van der Waals surface area contributed by atoms with E-state index in [9.17, 15) is 4.79 Å². The molecule has 3 aromatic heterocycles. The van der Waals surface area contributed by atoms with Crippen LogP contribution >= 0.6 is 23.7 Å². The number of carbonyl (C=O) groups excluding carboxylic acids is 1. The molecule has 3 heterocycles. The highest BCUT2D eigenvalue weighted by Gasteiger charge is 2.25. The first-order valence-electron chi connectivity index (χ1n) is 8.68. The largest absolute Gasteiger partial charge is 0.378 e. The van der Waals surface area contributed by atoms with Crippen molar-refractivity contribution in [1.82, 2.24) is 35.6 Å². The van der Waals surface area contributed by atoms with Crippen molar-refractivity contribution in [3.63, 3.8) is 0 Å². The van der Waals surface area contributed by atoms with Crippen LogP contribution in [-0.4, -0.2) is 54.9 Å². The summed E-state index contributed by atoms with van der Waals surface area (Å²) < 4.78 is 5.85. The van der Waals surface area contributed by atoms with E-state index in [1.54, 1.807) is 0 Å². The molecule has 0 spiro atoms. The van der Waals surface area contributed by atoms with E-state index in [2.05, 4.69) is 40.7 Å². The molecule has 0 atom stereocenters. The van der Waals surface area contributed by atoms with Crippen molar-refractivity contribution in [3.8, 4) is 5.82 Å². The Morgan fingerprint density at radius 1 is 1.38 bits per heavy atom. The van der Waals surface area contributed by atoms with Gasteiger partial charge >= 0.3 is 0 Å². The lowest BCUT2D eigenvalue weighted by atomic mass is 10.2. The summed E-state index contributed by atoms with van der Waals surface area (Å²) in [7, 11) is 0. The van der Waals surface area contributed by atoms with Crippen molar-refractivity contribution < 1.29 is 9.42 Å². The standard InChI is InChI=1S/C16H21N9O2S.ClH/c1-4-24(5-2)9-11-13(25(23-19-11)15-14(17)21-27-22-15)16(26)20-18-10(3)12-7-6-8-28-12;/h6-8H,4-5,9H2,1-3H3,(H2,17,21)(H,20,26);1H/b18-10+;. The number of hydrazone groups is 1. The number of nitrogens with two attached hydrogens (primary N) is 1. The maximum atomic E-state index is 12.9. The molecule has 1 amide bonds. The highest BCUT2D eigenvalue weighted by Crippen LogP contribution is 2.17. The highest BCUT2D eigenvalue weighted by molar-refractivity contribution is 7.12. The fraction of sp³-hybridized carbons (Fsp3) is 0.375. The molecule has 29 heavy (non-hydrogen) atoms. The number of hydrogen-bond donors (Lipinski definition) is 2. The lowest BCUT2D eigenvalue weighted by Crippen LogP contribution is -2.27. The lowest BCUT2D eigenvalue weighted by molar-refractivity contribution is 0.0944. The molecule has 0 aliphatic carbocycles. The number of nitrogens with zero attached hydrogens (tertiary/aromatic N) is 7. The predicted octanol–water partition coefficient (Wildman–Crippen LogP) is 1.71. The monoisotopic (exact) mass is 439 g/mol. The summed E-state index contributed by atoms with van der Waals surface area (Å²) in [4.78, 5) is 16.0. The number of halogens is 1. The van der Waals surface area contributed by atoms with Crippen LogP contribution in [0.3, 0.4) is 0 Å².